The Morgan fingerprint density at radius 2 is 1.13 bits per heavy atom. The number of carbonyl (C=O) groups is 1. The molecule has 0 saturated heterocycles. The van der Waals surface area contributed by atoms with Crippen molar-refractivity contribution in [2.45, 2.75) is 13.8 Å². The van der Waals surface area contributed by atoms with Crippen LogP contribution in [-0.2, 0) is 0 Å². The van der Waals surface area contributed by atoms with Gasteiger partial charge in [-0.25, -0.2) is 4.79 Å². The first-order valence-corrected chi connectivity index (χ1v) is 7.56. The fraction of sp³-hybridized carbons (Fsp3) is 0.0952. The fourth-order valence-corrected chi connectivity index (χ4v) is 2.63. The minimum atomic E-state index is -0.888. The average Bonchev–Trinajstić information content (AvgIpc) is 2.56. The summed E-state index contributed by atoms with van der Waals surface area (Å²) in [6, 6.07) is 22.2. The summed E-state index contributed by atoms with van der Waals surface area (Å²) in [5.74, 6) is -0.888. The number of aryl methyl sites for hydroxylation is 2. The van der Waals surface area contributed by atoms with Crippen LogP contribution in [0.5, 0.6) is 0 Å². The summed E-state index contributed by atoms with van der Waals surface area (Å²) < 4.78 is 0. The lowest BCUT2D eigenvalue weighted by molar-refractivity contribution is 0.0696. The van der Waals surface area contributed by atoms with E-state index in [9.17, 15) is 9.90 Å². The van der Waals surface area contributed by atoms with E-state index >= 15 is 0 Å². The molecule has 2 heteroatoms. The standard InChI is InChI=1S/C21H18O2/c1-14-3-6-16(7-4-14)17-9-11-18(12-10-17)19-8-5-15(2)20(13-19)21(22)23/h3-13H,1-2H3,(H,22,23). The van der Waals surface area contributed by atoms with Crippen molar-refractivity contribution in [3.63, 3.8) is 0 Å². The van der Waals surface area contributed by atoms with Gasteiger partial charge in [-0.3, -0.25) is 0 Å². The molecule has 0 aromatic heterocycles. The summed E-state index contributed by atoms with van der Waals surface area (Å²) in [5.41, 5.74) is 6.64. The van der Waals surface area contributed by atoms with E-state index in [1.165, 1.54) is 11.1 Å². The Morgan fingerprint density at radius 1 is 0.696 bits per heavy atom. The Morgan fingerprint density at radius 3 is 1.65 bits per heavy atom. The Labute approximate surface area is 136 Å². The smallest absolute Gasteiger partial charge is 0.335 e. The van der Waals surface area contributed by atoms with Crippen LogP contribution in [0.4, 0.5) is 0 Å². The van der Waals surface area contributed by atoms with Crippen LogP contribution in [-0.4, -0.2) is 11.1 Å². The molecule has 1 N–H and O–H groups in total. The third-order valence-corrected chi connectivity index (χ3v) is 4.07. The Hall–Kier alpha value is -2.87. The van der Waals surface area contributed by atoms with Crippen LogP contribution in [0.15, 0.2) is 66.7 Å². The van der Waals surface area contributed by atoms with Gasteiger partial charge in [-0.05, 0) is 47.7 Å². The van der Waals surface area contributed by atoms with Crippen molar-refractivity contribution < 1.29 is 9.90 Å². The van der Waals surface area contributed by atoms with Crippen LogP contribution in [0.3, 0.4) is 0 Å². The molecule has 0 atom stereocenters. The lowest BCUT2D eigenvalue weighted by Crippen LogP contribution is -1.99. The monoisotopic (exact) mass is 302 g/mol. The molecule has 0 unspecified atom stereocenters. The van der Waals surface area contributed by atoms with E-state index in [-0.39, 0.29) is 0 Å². The molecule has 0 fully saturated rings. The Balaban J connectivity index is 1.95. The van der Waals surface area contributed by atoms with Crippen LogP contribution >= 0.6 is 0 Å². The van der Waals surface area contributed by atoms with Crippen molar-refractivity contribution in [2.75, 3.05) is 0 Å². The first kappa shape index (κ1) is 15.0. The Bertz CT molecular complexity index is 844. The second-order valence-electron chi connectivity index (χ2n) is 5.78. The van der Waals surface area contributed by atoms with Gasteiger partial charge in [-0.15, -0.1) is 0 Å². The maximum absolute atomic E-state index is 11.3. The zero-order valence-corrected chi connectivity index (χ0v) is 13.2. The molecule has 0 spiro atoms. The molecule has 0 aliphatic carbocycles. The van der Waals surface area contributed by atoms with Gasteiger partial charge in [-0.2, -0.15) is 0 Å². The molecule has 0 aliphatic heterocycles. The van der Waals surface area contributed by atoms with E-state index < -0.39 is 5.97 Å². The first-order valence-electron chi connectivity index (χ1n) is 7.56. The van der Waals surface area contributed by atoms with Crippen molar-refractivity contribution in [2.24, 2.45) is 0 Å². The molecule has 0 radical (unpaired) electrons. The summed E-state index contributed by atoms with van der Waals surface area (Å²) in [5, 5.41) is 9.25. The maximum Gasteiger partial charge on any atom is 0.335 e. The highest BCUT2D eigenvalue weighted by Gasteiger charge is 2.09. The molecule has 2 nitrogen and oxygen atoms in total. The molecule has 0 bridgehead atoms. The van der Waals surface area contributed by atoms with Gasteiger partial charge in [0.2, 0.25) is 0 Å². The van der Waals surface area contributed by atoms with Gasteiger partial charge in [0.1, 0.15) is 0 Å². The lowest BCUT2D eigenvalue weighted by Gasteiger charge is -2.08. The Kier molecular flexibility index (Phi) is 3.98. The quantitative estimate of drug-likeness (QED) is 0.709. The highest BCUT2D eigenvalue weighted by atomic mass is 16.4. The molecule has 3 rings (SSSR count). The SMILES string of the molecule is Cc1ccc(-c2ccc(-c3ccc(C)c(C(=O)O)c3)cc2)cc1. The fourth-order valence-electron chi connectivity index (χ4n) is 2.63. The van der Waals surface area contributed by atoms with Crippen LogP contribution < -0.4 is 0 Å². The van der Waals surface area contributed by atoms with Crippen molar-refractivity contribution >= 4 is 5.97 Å². The zero-order chi connectivity index (χ0) is 16.4. The van der Waals surface area contributed by atoms with Gasteiger partial charge in [0, 0.05) is 0 Å². The topological polar surface area (TPSA) is 37.3 Å². The van der Waals surface area contributed by atoms with Gasteiger partial charge in [0.25, 0.3) is 0 Å². The van der Waals surface area contributed by atoms with Crippen LogP contribution in [0.25, 0.3) is 22.3 Å². The van der Waals surface area contributed by atoms with Gasteiger partial charge < -0.3 is 5.11 Å². The molecular formula is C21H18O2. The lowest BCUT2D eigenvalue weighted by atomic mass is 9.97. The number of hydrogen-bond donors (Lipinski definition) is 1. The predicted molar refractivity (Wildman–Crippen MR) is 93.7 cm³/mol. The van der Waals surface area contributed by atoms with E-state index in [4.69, 9.17) is 0 Å². The number of hydrogen-bond acceptors (Lipinski definition) is 1. The molecule has 0 saturated carbocycles. The largest absolute Gasteiger partial charge is 0.478 e. The summed E-state index contributed by atoms with van der Waals surface area (Å²) in [6.45, 7) is 3.89. The van der Waals surface area contributed by atoms with E-state index in [0.717, 1.165) is 22.3 Å². The molecule has 0 aliphatic rings. The molecule has 3 aromatic rings. The van der Waals surface area contributed by atoms with Crippen LogP contribution in [0.1, 0.15) is 21.5 Å². The number of aromatic carboxylic acids is 1. The predicted octanol–water partition coefficient (Wildman–Crippen LogP) is 5.34. The van der Waals surface area contributed by atoms with Gasteiger partial charge >= 0.3 is 5.97 Å². The number of carboxylic acids is 1. The normalized spacial score (nSPS) is 10.5. The third-order valence-electron chi connectivity index (χ3n) is 4.07. The van der Waals surface area contributed by atoms with Gasteiger partial charge in [0.15, 0.2) is 0 Å². The average molecular weight is 302 g/mol. The maximum atomic E-state index is 11.3. The molecule has 3 aromatic carbocycles. The van der Waals surface area contributed by atoms with E-state index in [2.05, 4.69) is 43.3 Å². The highest BCUT2D eigenvalue weighted by molar-refractivity contribution is 5.91. The highest BCUT2D eigenvalue weighted by Crippen LogP contribution is 2.26. The van der Waals surface area contributed by atoms with E-state index in [1.807, 2.05) is 31.2 Å². The van der Waals surface area contributed by atoms with E-state index in [1.54, 1.807) is 6.07 Å². The third kappa shape index (κ3) is 3.16. The van der Waals surface area contributed by atoms with Crippen molar-refractivity contribution in [1.82, 2.24) is 0 Å². The molecule has 0 amide bonds. The number of benzene rings is 3. The summed E-state index contributed by atoms with van der Waals surface area (Å²) >= 11 is 0. The summed E-state index contributed by atoms with van der Waals surface area (Å²) in [4.78, 5) is 11.3. The van der Waals surface area contributed by atoms with Crippen molar-refractivity contribution in [3.8, 4) is 22.3 Å². The molecular weight excluding hydrogens is 284 g/mol. The molecule has 0 heterocycles. The second kappa shape index (κ2) is 6.09. The number of rotatable bonds is 3. The van der Waals surface area contributed by atoms with Crippen molar-refractivity contribution in [3.05, 3.63) is 83.4 Å². The minimum absolute atomic E-state index is 0.352. The van der Waals surface area contributed by atoms with Gasteiger partial charge in [-0.1, -0.05) is 66.2 Å². The first-order chi connectivity index (χ1) is 11.0. The zero-order valence-electron chi connectivity index (χ0n) is 13.2. The van der Waals surface area contributed by atoms with E-state index in [0.29, 0.717) is 5.56 Å². The van der Waals surface area contributed by atoms with Crippen LogP contribution in [0, 0.1) is 13.8 Å². The number of carboxylic acid groups (broad SMARTS) is 1. The molecule has 114 valence electrons. The molecule has 23 heavy (non-hydrogen) atoms. The van der Waals surface area contributed by atoms with Gasteiger partial charge in [0.05, 0.1) is 5.56 Å². The minimum Gasteiger partial charge on any atom is -0.478 e. The van der Waals surface area contributed by atoms with Crippen LogP contribution in [0.2, 0.25) is 0 Å². The second-order valence-corrected chi connectivity index (χ2v) is 5.78. The summed E-state index contributed by atoms with van der Waals surface area (Å²) in [6.07, 6.45) is 0. The van der Waals surface area contributed by atoms with Crippen molar-refractivity contribution in [1.29, 1.82) is 0 Å². The summed E-state index contributed by atoms with van der Waals surface area (Å²) in [7, 11) is 0.